The van der Waals surface area contributed by atoms with E-state index in [1.165, 1.54) is 59.3 Å². The molecular formula is C14H31ClN5NiO6. The summed E-state index contributed by atoms with van der Waals surface area (Å²) >= 11 is 0. The molecule has 0 aliphatic carbocycles. The van der Waals surface area contributed by atoms with Crippen LogP contribution in [0, 0.1) is 21.6 Å². The third-order valence-corrected chi connectivity index (χ3v) is 3.45. The molecule has 165 valence electrons. The maximum Gasteiger partial charge on any atom is 3.00 e. The largest absolute Gasteiger partial charge is 3.00 e. The second-order valence-electron chi connectivity index (χ2n) is 5.81. The van der Waals surface area contributed by atoms with Crippen LogP contribution in [0.2, 0.25) is 0 Å². The molecule has 11 nitrogen and oxygen atoms in total. The van der Waals surface area contributed by atoms with Gasteiger partial charge in [-0.05, 0) is 28.2 Å². The van der Waals surface area contributed by atoms with Gasteiger partial charge in [-0.25, -0.2) is 18.6 Å². The normalized spacial score (nSPS) is 18.3. The van der Waals surface area contributed by atoms with Gasteiger partial charge in [0.2, 0.25) is 0 Å². The van der Waals surface area contributed by atoms with Crippen molar-refractivity contribution in [1.29, 1.82) is 5.26 Å². The summed E-state index contributed by atoms with van der Waals surface area (Å²) in [5.74, 6) is 0. The molecule has 1 aliphatic rings. The molecule has 0 aromatic rings. The Morgan fingerprint density at radius 1 is 0.630 bits per heavy atom. The molecule has 1 heterocycles. The molecule has 0 saturated carbocycles. The Kier molecular flexibility index (Phi) is 28.2. The minimum atomic E-state index is -4.94. The van der Waals surface area contributed by atoms with E-state index in [0.717, 1.165) is 0 Å². The number of hydrogen-bond donors (Lipinski definition) is 0. The van der Waals surface area contributed by atoms with Gasteiger partial charge in [0.15, 0.2) is 0 Å². The predicted molar refractivity (Wildman–Crippen MR) is 81.3 cm³/mol. The van der Waals surface area contributed by atoms with Crippen molar-refractivity contribution in [1.82, 2.24) is 19.6 Å². The van der Waals surface area contributed by atoms with E-state index in [2.05, 4.69) is 47.8 Å². The fourth-order valence-corrected chi connectivity index (χ4v) is 1.81. The van der Waals surface area contributed by atoms with Crippen LogP contribution < -0.4 is 29.2 Å². The summed E-state index contributed by atoms with van der Waals surface area (Å²) in [5.41, 5.74) is 0. The van der Waals surface area contributed by atoms with Gasteiger partial charge in [0, 0.05) is 59.3 Å². The van der Waals surface area contributed by atoms with Gasteiger partial charge in [0.25, 0.3) is 0 Å². The fraction of sp³-hybridized carbons (Fsp3) is 0.929. The van der Waals surface area contributed by atoms with Crippen LogP contribution >= 0.6 is 0 Å². The minimum absolute atomic E-state index is 0. The number of nitrogens with zero attached hydrogens (tertiary/aromatic N) is 5. The summed E-state index contributed by atoms with van der Waals surface area (Å²) in [6, 6.07) is 1.75. The van der Waals surface area contributed by atoms with E-state index in [0.29, 0.717) is 0 Å². The Hall–Kier alpha value is -0.126. The van der Waals surface area contributed by atoms with Crippen molar-refractivity contribution in [3.05, 3.63) is 0 Å². The number of likely N-dealkylation sites (N-methyl/N-ethyl adjacent to an activating group) is 4. The van der Waals surface area contributed by atoms with Gasteiger partial charge < -0.3 is 30.1 Å². The van der Waals surface area contributed by atoms with Gasteiger partial charge in [-0.2, -0.15) is 5.26 Å². The molecule has 13 heteroatoms. The second-order valence-corrected chi connectivity index (χ2v) is 6.57. The van der Waals surface area contributed by atoms with Crippen molar-refractivity contribution in [3.8, 4) is 6.07 Å². The molecule has 1 radical (unpaired) electrons. The van der Waals surface area contributed by atoms with Crippen LogP contribution in [0.3, 0.4) is 0 Å². The smallest absolute Gasteiger partial charge is 1.00 e. The van der Waals surface area contributed by atoms with Gasteiger partial charge in [-0.1, -0.05) is 0 Å². The van der Waals surface area contributed by atoms with Gasteiger partial charge >= 0.3 is 16.5 Å². The average molecular weight is 460 g/mol. The Balaban J connectivity index is -0.000000202. The van der Waals surface area contributed by atoms with E-state index in [9.17, 15) is 0 Å². The molecule has 27 heavy (non-hydrogen) atoms. The Morgan fingerprint density at radius 3 is 0.778 bits per heavy atom. The first-order valence-corrected chi connectivity index (χ1v) is 9.06. The van der Waals surface area contributed by atoms with E-state index < -0.39 is 10.2 Å². The van der Waals surface area contributed by atoms with Crippen LogP contribution in [0.5, 0.6) is 0 Å². The summed E-state index contributed by atoms with van der Waals surface area (Å²) in [6.45, 7) is 10.8. The predicted octanol–water partition coefficient (Wildman–Crippen LogP) is -6.88. The quantitative estimate of drug-likeness (QED) is 0.191. The van der Waals surface area contributed by atoms with Crippen LogP contribution in [-0.4, -0.2) is 100 Å². The van der Waals surface area contributed by atoms with E-state index in [4.69, 9.17) is 34.4 Å². The number of halogens is 1. The summed E-state index contributed by atoms with van der Waals surface area (Å²) in [4.78, 5) is 9.72. The summed E-state index contributed by atoms with van der Waals surface area (Å²) in [7, 11) is 3.94. The van der Waals surface area contributed by atoms with Gasteiger partial charge in [0.05, 0.1) is 6.07 Å². The standard InChI is InChI=1S/C12H28N4.C2H3N.ClHO4.Ni.O2/c1-13-5-7-14(2)9-11-16(4)12-10-15(3)8-6-13;1-2-3;2-1(3,4)5;;1-2/h5-12H2,1-4H3;1H3;(H,2,3,4,5);;/q;;;+3;-2/p-1. The zero-order valence-electron chi connectivity index (χ0n) is 16.5. The van der Waals surface area contributed by atoms with Crippen molar-refractivity contribution in [2.75, 3.05) is 80.5 Å². The monoisotopic (exact) mass is 458 g/mol. The summed E-state index contributed by atoms with van der Waals surface area (Å²) < 4.78 is 34.0. The van der Waals surface area contributed by atoms with E-state index in [1.54, 1.807) is 6.07 Å². The topological polar surface area (TPSA) is 175 Å². The van der Waals surface area contributed by atoms with Crippen molar-refractivity contribution < 1.29 is 55.9 Å². The average Bonchev–Trinajstić information content (AvgIpc) is 2.54. The van der Waals surface area contributed by atoms with Crippen LogP contribution in [-0.2, 0) is 16.5 Å². The Bertz CT molecular complexity index is 287. The molecule has 0 aromatic carbocycles. The zero-order chi connectivity index (χ0) is 21.2. The molecule has 0 N–H and O–H groups in total. The molecule has 1 saturated heterocycles. The third-order valence-electron chi connectivity index (χ3n) is 3.45. The van der Waals surface area contributed by atoms with Crippen molar-refractivity contribution in [2.24, 2.45) is 0 Å². The van der Waals surface area contributed by atoms with Crippen molar-refractivity contribution >= 4 is 0 Å². The van der Waals surface area contributed by atoms with Crippen molar-refractivity contribution in [2.45, 2.75) is 6.92 Å². The molecule has 1 rings (SSSR count). The maximum atomic E-state index is 8.49. The van der Waals surface area contributed by atoms with E-state index in [1.807, 2.05) is 0 Å². The SMILES string of the molecule is CC#N.CN1CCN(C)CCN(C)CCN(C)CC1.[Ni+3].[O-][Cl+3]([O-])([O-])[O-].[O-][O-]. The summed E-state index contributed by atoms with van der Waals surface area (Å²) in [6.07, 6.45) is 0. The van der Waals surface area contributed by atoms with E-state index in [-0.39, 0.29) is 16.5 Å². The number of nitriles is 1. The summed E-state index contributed by atoms with van der Waals surface area (Å²) in [5, 5.41) is 21.3. The van der Waals surface area contributed by atoms with E-state index >= 15 is 0 Å². The molecule has 0 amide bonds. The van der Waals surface area contributed by atoms with Crippen LogP contribution in [0.25, 0.3) is 0 Å². The molecule has 0 spiro atoms. The third kappa shape index (κ3) is 37.3. The van der Waals surface area contributed by atoms with Crippen LogP contribution in [0.4, 0.5) is 0 Å². The molecular weight excluding hydrogens is 428 g/mol. The first kappa shape index (κ1) is 34.4. The Morgan fingerprint density at radius 2 is 0.704 bits per heavy atom. The number of hydrogen-bond acceptors (Lipinski definition) is 11. The fourth-order valence-electron chi connectivity index (χ4n) is 1.81. The van der Waals surface area contributed by atoms with Gasteiger partial charge in [0.1, 0.15) is 0 Å². The molecule has 0 bridgehead atoms. The molecule has 0 aromatic heterocycles. The Labute approximate surface area is 174 Å². The minimum Gasteiger partial charge on any atom is -1.00 e. The molecule has 1 fully saturated rings. The maximum absolute atomic E-state index is 8.49. The van der Waals surface area contributed by atoms with Crippen LogP contribution in [0.15, 0.2) is 0 Å². The van der Waals surface area contributed by atoms with Gasteiger partial charge in [-0.3, -0.25) is 0 Å². The van der Waals surface area contributed by atoms with Crippen molar-refractivity contribution in [3.63, 3.8) is 0 Å². The first-order valence-electron chi connectivity index (χ1n) is 7.83. The van der Waals surface area contributed by atoms with Gasteiger partial charge in [-0.15, -0.1) is 10.2 Å². The second kappa shape index (κ2) is 22.2. The molecule has 0 unspecified atom stereocenters. The molecule has 0 atom stereocenters. The number of rotatable bonds is 0. The zero-order valence-corrected chi connectivity index (χ0v) is 18.3. The van der Waals surface area contributed by atoms with Crippen LogP contribution in [0.1, 0.15) is 6.92 Å². The first-order chi connectivity index (χ1) is 12.0. The molecule has 1 aliphatic heterocycles.